The van der Waals surface area contributed by atoms with Gasteiger partial charge in [-0.3, -0.25) is 0 Å². The standard InChI is InChI=1S/C13H17BrFNO/c1-3-13(2)11(16)7-12(13)17-8-4-5-9(14)10(15)6-8/h4-6,11-12H,3,7,16H2,1-2H3. The van der Waals surface area contributed by atoms with Gasteiger partial charge < -0.3 is 10.5 Å². The van der Waals surface area contributed by atoms with E-state index in [1.54, 1.807) is 12.1 Å². The smallest absolute Gasteiger partial charge is 0.141 e. The van der Waals surface area contributed by atoms with Crippen molar-refractivity contribution in [1.82, 2.24) is 0 Å². The van der Waals surface area contributed by atoms with Gasteiger partial charge in [-0.25, -0.2) is 4.39 Å². The van der Waals surface area contributed by atoms with Crippen molar-refractivity contribution in [2.45, 2.75) is 38.8 Å². The Hall–Kier alpha value is -0.610. The zero-order valence-electron chi connectivity index (χ0n) is 10.0. The number of hydrogen-bond donors (Lipinski definition) is 1. The van der Waals surface area contributed by atoms with E-state index in [9.17, 15) is 4.39 Å². The van der Waals surface area contributed by atoms with Crippen LogP contribution >= 0.6 is 15.9 Å². The molecule has 0 radical (unpaired) electrons. The highest BCUT2D eigenvalue weighted by Crippen LogP contribution is 2.44. The normalized spacial score (nSPS) is 32.1. The van der Waals surface area contributed by atoms with Crippen LogP contribution in [0.4, 0.5) is 4.39 Å². The molecular formula is C13H17BrFNO. The first-order valence-electron chi connectivity index (χ1n) is 5.84. The summed E-state index contributed by atoms with van der Waals surface area (Å²) < 4.78 is 19.6. The van der Waals surface area contributed by atoms with Crippen molar-refractivity contribution in [3.8, 4) is 5.75 Å². The van der Waals surface area contributed by atoms with Gasteiger partial charge in [0.1, 0.15) is 17.7 Å². The van der Waals surface area contributed by atoms with Crippen molar-refractivity contribution < 1.29 is 9.13 Å². The molecule has 1 aliphatic carbocycles. The van der Waals surface area contributed by atoms with E-state index in [-0.39, 0.29) is 23.4 Å². The largest absolute Gasteiger partial charge is 0.490 e. The van der Waals surface area contributed by atoms with Crippen molar-refractivity contribution in [1.29, 1.82) is 0 Å². The fourth-order valence-electron chi connectivity index (χ4n) is 2.23. The monoisotopic (exact) mass is 301 g/mol. The highest BCUT2D eigenvalue weighted by molar-refractivity contribution is 9.10. The highest BCUT2D eigenvalue weighted by Gasteiger charge is 2.50. The van der Waals surface area contributed by atoms with Gasteiger partial charge in [-0.2, -0.15) is 0 Å². The van der Waals surface area contributed by atoms with E-state index in [0.717, 1.165) is 12.8 Å². The van der Waals surface area contributed by atoms with Crippen LogP contribution in [-0.4, -0.2) is 12.1 Å². The molecule has 1 saturated carbocycles. The lowest BCUT2D eigenvalue weighted by Crippen LogP contribution is -2.61. The van der Waals surface area contributed by atoms with Crippen LogP contribution in [0.2, 0.25) is 0 Å². The lowest BCUT2D eigenvalue weighted by atomic mass is 9.62. The van der Waals surface area contributed by atoms with Crippen LogP contribution < -0.4 is 10.5 Å². The number of hydrogen-bond acceptors (Lipinski definition) is 2. The van der Waals surface area contributed by atoms with Gasteiger partial charge in [0.2, 0.25) is 0 Å². The molecule has 0 spiro atoms. The number of halogens is 2. The molecule has 2 rings (SSSR count). The third kappa shape index (κ3) is 2.20. The second-order valence-electron chi connectivity index (χ2n) is 4.88. The minimum Gasteiger partial charge on any atom is -0.490 e. The van der Waals surface area contributed by atoms with E-state index < -0.39 is 0 Å². The molecule has 0 amide bonds. The number of benzene rings is 1. The molecule has 0 saturated heterocycles. The Kier molecular flexibility index (Phi) is 3.46. The molecular weight excluding hydrogens is 285 g/mol. The molecule has 0 heterocycles. The molecule has 1 aromatic rings. The molecule has 3 atom stereocenters. The van der Waals surface area contributed by atoms with E-state index in [1.807, 2.05) is 0 Å². The molecule has 3 unspecified atom stereocenters. The summed E-state index contributed by atoms with van der Waals surface area (Å²) in [6.45, 7) is 4.23. The first-order chi connectivity index (χ1) is 7.97. The van der Waals surface area contributed by atoms with Crippen molar-refractivity contribution in [3.63, 3.8) is 0 Å². The van der Waals surface area contributed by atoms with Crippen LogP contribution in [0.15, 0.2) is 22.7 Å². The summed E-state index contributed by atoms with van der Waals surface area (Å²) >= 11 is 3.12. The Bertz CT molecular complexity index is 426. The summed E-state index contributed by atoms with van der Waals surface area (Å²) in [6.07, 6.45) is 1.89. The second-order valence-corrected chi connectivity index (χ2v) is 5.74. The number of ether oxygens (including phenoxy) is 1. The lowest BCUT2D eigenvalue weighted by molar-refractivity contribution is -0.0561. The average Bonchev–Trinajstić information content (AvgIpc) is 2.32. The molecule has 1 fully saturated rings. The Balaban J connectivity index is 2.09. The summed E-state index contributed by atoms with van der Waals surface area (Å²) in [4.78, 5) is 0. The van der Waals surface area contributed by atoms with E-state index >= 15 is 0 Å². The van der Waals surface area contributed by atoms with Crippen molar-refractivity contribution in [2.75, 3.05) is 0 Å². The molecule has 4 heteroatoms. The summed E-state index contributed by atoms with van der Waals surface area (Å²) in [7, 11) is 0. The van der Waals surface area contributed by atoms with Gasteiger partial charge in [-0.05, 0) is 34.5 Å². The molecule has 2 nitrogen and oxygen atoms in total. The van der Waals surface area contributed by atoms with E-state index in [2.05, 4.69) is 29.8 Å². The molecule has 0 aromatic heterocycles. The molecule has 1 aliphatic rings. The van der Waals surface area contributed by atoms with Gasteiger partial charge in [0.05, 0.1) is 4.47 Å². The van der Waals surface area contributed by atoms with Crippen LogP contribution in [0, 0.1) is 11.2 Å². The van der Waals surface area contributed by atoms with Gasteiger partial charge in [0, 0.05) is 23.9 Å². The predicted molar refractivity (Wildman–Crippen MR) is 69.5 cm³/mol. The zero-order chi connectivity index (χ0) is 12.6. The minimum absolute atomic E-state index is 0.00352. The van der Waals surface area contributed by atoms with Gasteiger partial charge in [0.15, 0.2) is 0 Å². The molecule has 0 aliphatic heterocycles. The Morgan fingerprint density at radius 1 is 1.59 bits per heavy atom. The molecule has 94 valence electrons. The average molecular weight is 302 g/mol. The summed E-state index contributed by atoms with van der Waals surface area (Å²) in [5.74, 6) is 0.270. The Labute approximate surface area is 109 Å². The van der Waals surface area contributed by atoms with E-state index in [1.165, 1.54) is 6.07 Å². The SMILES string of the molecule is CCC1(C)C(N)CC1Oc1ccc(Br)c(F)c1. The van der Waals surface area contributed by atoms with Crippen LogP contribution in [-0.2, 0) is 0 Å². The number of rotatable bonds is 3. The maximum absolute atomic E-state index is 13.4. The maximum Gasteiger partial charge on any atom is 0.141 e. The first-order valence-corrected chi connectivity index (χ1v) is 6.64. The van der Waals surface area contributed by atoms with Crippen LogP contribution in [0.1, 0.15) is 26.7 Å². The summed E-state index contributed by atoms with van der Waals surface area (Å²) in [5.41, 5.74) is 6.01. The third-order valence-corrected chi connectivity index (χ3v) is 4.62. The van der Waals surface area contributed by atoms with Crippen molar-refractivity contribution >= 4 is 15.9 Å². The van der Waals surface area contributed by atoms with Crippen molar-refractivity contribution in [2.24, 2.45) is 11.1 Å². The van der Waals surface area contributed by atoms with Crippen LogP contribution in [0.25, 0.3) is 0 Å². The quantitative estimate of drug-likeness (QED) is 0.927. The molecule has 1 aromatic carbocycles. The fourth-order valence-corrected chi connectivity index (χ4v) is 2.48. The van der Waals surface area contributed by atoms with Gasteiger partial charge in [-0.1, -0.05) is 13.8 Å². The molecule has 0 bridgehead atoms. The topological polar surface area (TPSA) is 35.2 Å². The van der Waals surface area contributed by atoms with Gasteiger partial charge in [-0.15, -0.1) is 0 Å². The zero-order valence-corrected chi connectivity index (χ0v) is 11.6. The van der Waals surface area contributed by atoms with Crippen LogP contribution in [0.3, 0.4) is 0 Å². The van der Waals surface area contributed by atoms with E-state index in [4.69, 9.17) is 10.5 Å². The Morgan fingerprint density at radius 3 is 2.82 bits per heavy atom. The lowest BCUT2D eigenvalue weighted by Gasteiger charge is -2.51. The summed E-state index contributed by atoms with van der Waals surface area (Å²) in [6, 6.07) is 5.02. The molecule has 2 N–H and O–H groups in total. The van der Waals surface area contributed by atoms with Crippen LogP contribution in [0.5, 0.6) is 5.75 Å². The van der Waals surface area contributed by atoms with E-state index in [0.29, 0.717) is 10.2 Å². The maximum atomic E-state index is 13.4. The predicted octanol–water partition coefficient (Wildman–Crippen LogP) is 3.48. The van der Waals surface area contributed by atoms with Crippen molar-refractivity contribution in [3.05, 3.63) is 28.5 Å². The van der Waals surface area contributed by atoms with Gasteiger partial charge >= 0.3 is 0 Å². The first kappa shape index (κ1) is 12.8. The number of nitrogens with two attached hydrogens (primary N) is 1. The third-order valence-electron chi connectivity index (χ3n) is 3.98. The summed E-state index contributed by atoms with van der Waals surface area (Å²) in [5, 5.41) is 0. The minimum atomic E-state index is -0.302. The molecule has 17 heavy (non-hydrogen) atoms. The fraction of sp³-hybridized carbons (Fsp3) is 0.538. The Morgan fingerprint density at radius 2 is 2.29 bits per heavy atom. The second kappa shape index (κ2) is 4.58. The van der Waals surface area contributed by atoms with Gasteiger partial charge in [0.25, 0.3) is 0 Å². The highest BCUT2D eigenvalue weighted by atomic mass is 79.9.